The third-order valence-electron chi connectivity index (χ3n) is 5.03. The number of urea groups is 1. The van der Waals surface area contributed by atoms with Crippen molar-refractivity contribution in [2.24, 2.45) is 0 Å². The molecule has 5 nitrogen and oxygen atoms in total. The summed E-state index contributed by atoms with van der Waals surface area (Å²) in [5.74, 6) is -0.291. The molecule has 166 valence electrons. The Kier molecular flexibility index (Phi) is 7.66. The molecule has 3 amide bonds. The molecule has 1 atom stereocenters. The van der Waals surface area contributed by atoms with Crippen molar-refractivity contribution >= 4 is 17.6 Å². The van der Waals surface area contributed by atoms with Crippen LogP contribution in [0.25, 0.3) is 0 Å². The predicted molar refractivity (Wildman–Crippen MR) is 128 cm³/mol. The average molecular weight is 422 g/mol. The number of benzene rings is 2. The van der Waals surface area contributed by atoms with Gasteiger partial charge < -0.3 is 16.0 Å². The molecule has 0 saturated heterocycles. The van der Waals surface area contributed by atoms with Gasteiger partial charge in [-0.3, -0.25) is 4.79 Å². The number of carbonyl (C=O) groups excluding carboxylic acids is 2. The van der Waals surface area contributed by atoms with Crippen LogP contribution >= 0.6 is 0 Å². The van der Waals surface area contributed by atoms with Crippen molar-refractivity contribution in [3.8, 4) is 0 Å². The Morgan fingerprint density at radius 1 is 0.968 bits per heavy atom. The van der Waals surface area contributed by atoms with Crippen LogP contribution in [0.5, 0.6) is 0 Å². The number of anilines is 1. The van der Waals surface area contributed by atoms with E-state index < -0.39 is 12.1 Å². The molecular formula is C26H35N3O2. The average Bonchev–Trinajstić information content (AvgIpc) is 2.69. The first-order chi connectivity index (χ1) is 14.4. The van der Waals surface area contributed by atoms with Crippen molar-refractivity contribution in [1.29, 1.82) is 0 Å². The van der Waals surface area contributed by atoms with Crippen LogP contribution in [0.4, 0.5) is 10.5 Å². The zero-order chi connectivity index (χ0) is 23.2. The van der Waals surface area contributed by atoms with E-state index in [2.05, 4.69) is 76.2 Å². The maximum atomic E-state index is 13.0. The maximum Gasteiger partial charge on any atom is 0.320 e. The highest BCUT2D eigenvalue weighted by atomic mass is 16.2. The Morgan fingerprint density at radius 3 is 2.16 bits per heavy atom. The van der Waals surface area contributed by atoms with E-state index in [0.29, 0.717) is 12.1 Å². The zero-order valence-electron chi connectivity index (χ0n) is 19.5. The second-order valence-corrected chi connectivity index (χ2v) is 9.74. The maximum absolute atomic E-state index is 13.0. The first-order valence-corrected chi connectivity index (χ1v) is 10.6. The van der Waals surface area contributed by atoms with E-state index in [9.17, 15) is 9.59 Å². The van der Waals surface area contributed by atoms with Crippen molar-refractivity contribution in [2.45, 2.75) is 58.4 Å². The largest absolute Gasteiger partial charge is 0.351 e. The smallest absolute Gasteiger partial charge is 0.320 e. The lowest BCUT2D eigenvalue weighted by atomic mass is 9.81. The number of carbonyl (C=O) groups is 2. The summed E-state index contributed by atoms with van der Waals surface area (Å²) in [6, 6.07) is 14.1. The second-order valence-electron chi connectivity index (χ2n) is 9.74. The monoisotopic (exact) mass is 421 g/mol. The van der Waals surface area contributed by atoms with Gasteiger partial charge in [0, 0.05) is 12.2 Å². The van der Waals surface area contributed by atoms with Crippen LogP contribution in [-0.4, -0.2) is 18.5 Å². The standard InChI is InChI=1S/C26H35N3O2/c1-8-16-27-23(30)22(18-12-10-9-11-13-18)29-24(31)28-21-17-19(25(2,3)4)14-15-20(21)26(5,6)7/h8-15,17,22H,1,16H2,2-7H3,(H,27,30)(H2,28,29,31)/t22-/m1/s1. The predicted octanol–water partition coefficient (Wildman–Crippen LogP) is 5.45. The molecule has 0 aliphatic heterocycles. The number of rotatable bonds is 6. The van der Waals surface area contributed by atoms with Crippen LogP contribution in [0.2, 0.25) is 0 Å². The van der Waals surface area contributed by atoms with E-state index in [4.69, 9.17) is 0 Å². The molecule has 31 heavy (non-hydrogen) atoms. The Bertz CT molecular complexity index is 922. The highest BCUT2D eigenvalue weighted by Crippen LogP contribution is 2.34. The van der Waals surface area contributed by atoms with Gasteiger partial charge in [-0.05, 0) is 33.6 Å². The van der Waals surface area contributed by atoms with Crippen molar-refractivity contribution in [1.82, 2.24) is 10.6 Å². The quantitative estimate of drug-likeness (QED) is 0.543. The summed E-state index contributed by atoms with van der Waals surface area (Å²) in [7, 11) is 0. The van der Waals surface area contributed by atoms with E-state index in [1.54, 1.807) is 6.08 Å². The van der Waals surface area contributed by atoms with E-state index in [1.165, 1.54) is 0 Å². The summed E-state index contributed by atoms with van der Waals surface area (Å²) in [4.78, 5) is 25.7. The highest BCUT2D eigenvalue weighted by Gasteiger charge is 2.25. The third kappa shape index (κ3) is 6.71. The van der Waals surface area contributed by atoms with E-state index in [-0.39, 0.29) is 16.7 Å². The molecule has 0 unspecified atom stereocenters. The van der Waals surface area contributed by atoms with Crippen molar-refractivity contribution in [3.05, 3.63) is 77.9 Å². The lowest BCUT2D eigenvalue weighted by Gasteiger charge is -2.27. The Morgan fingerprint density at radius 2 is 1.61 bits per heavy atom. The molecule has 2 rings (SSSR count). The summed E-state index contributed by atoms with van der Waals surface area (Å²) in [5.41, 5.74) is 3.40. The molecule has 2 aromatic rings. The number of nitrogens with one attached hydrogen (secondary N) is 3. The van der Waals surface area contributed by atoms with Gasteiger partial charge in [0.2, 0.25) is 5.91 Å². The van der Waals surface area contributed by atoms with Crippen LogP contribution in [0.3, 0.4) is 0 Å². The molecule has 0 heterocycles. The van der Waals surface area contributed by atoms with Gasteiger partial charge in [0.1, 0.15) is 6.04 Å². The van der Waals surface area contributed by atoms with Crippen LogP contribution in [0, 0.1) is 0 Å². The summed E-state index contributed by atoms with van der Waals surface area (Å²) in [5, 5.41) is 8.59. The molecule has 0 saturated carbocycles. The van der Waals surface area contributed by atoms with Gasteiger partial charge in [-0.15, -0.1) is 6.58 Å². The van der Waals surface area contributed by atoms with Crippen LogP contribution < -0.4 is 16.0 Å². The number of amides is 3. The van der Waals surface area contributed by atoms with Gasteiger partial charge in [-0.25, -0.2) is 4.79 Å². The van der Waals surface area contributed by atoms with E-state index in [0.717, 1.165) is 16.8 Å². The SMILES string of the molecule is C=CCNC(=O)[C@H](NC(=O)Nc1cc(C(C)(C)C)ccc1C(C)(C)C)c1ccccc1. The summed E-state index contributed by atoms with van der Waals surface area (Å²) < 4.78 is 0. The summed E-state index contributed by atoms with van der Waals surface area (Å²) in [6.45, 7) is 16.7. The van der Waals surface area contributed by atoms with Crippen molar-refractivity contribution < 1.29 is 9.59 Å². The molecule has 3 N–H and O–H groups in total. The van der Waals surface area contributed by atoms with Gasteiger partial charge >= 0.3 is 6.03 Å². The first-order valence-electron chi connectivity index (χ1n) is 10.6. The van der Waals surface area contributed by atoms with E-state index in [1.807, 2.05) is 36.4 Å². The molecule has 0 aliphatic carbocycles. The number of hydrogen-bond donors (Lipinski definition) is 3. The molecule has 0 radical (unpaired) electrons. The van der Waals surface area contributed by atoms with Crippen molar-refractivity contribution in [3.63, 3.8) is 0 Å². The molecule has 0 fully saturated rings. The highest BCUT2D eigenvalue weighted by molar-refractivity contribution is 5.95. The van der Waals surface area contributed by atoms with Gasteiger partial charge in [0.25, 0.3) is 0 Å². The molecule has 5 heteroatoms. The topological polar surface area (TPSA) is 70.2 Å². The molecule has 2 aromatic carbocycles. The summed E-state index contributed by atoms with van der Waals surface area (Å²) >= 11 is 0. The Labute approximate surface area is 186 Å². The Balaban J connectivity index is 2.33. The zero-order valence-corrected chi connectivity index (χ0v) is 19.5. The minimum Gasteiger partial charge on any atom is -0.351 e. The third-order valence-corrected chi connectivity index (χ3v) is 5.03. The van der Waals surface area contributed by atoms with Crippen LogP contribution in [0.15, 0.2) is 61.2 Å². The normalized spacial score (nSPS) is 12.6. The van der Waals surface area contributed by atoms with E-state index >= 15 is 0 Å². The van der Waals surface area contributed by atoms with Crippen LogP contribution in [0.1, 0.15) is 64.3 Å². The number of hydrogen-bond acceptors (Lipinski definition) is 2. The fourth-order valence-electron chi connectivity index (χ4n) is 3.28. The molecule has 0 spiro atoms. The Hall–Kier alpha value is -3.08. The molecule has 0 bridgehead atoms. The lowest BCUT2D eigenvalue weighted by Crippen LogP contribution is -2.42. The van der Waals surface area contributed by atoms with Gasteiger partial charge in [-0.1, -0.05) is 90.1 Å². The first kappa shape index (κ1) is 24.2. The lowest BCUT2D eigenvalue weighted by molar-refractivity contribution is -0.122. The molecule has 0 aromatic heterocycles. The fraction of sp³-hybridized carbons (Fsp3) is 0.385. The second kappa shape index (κ2) is 9.82. The minimum absolute atomic E-state index is 0.0551. The van der Waals surface area contributed by atoms with Gasteiger partial charge in [0.05, 0.1) is 0 Å². The molecule has 0 aliphatic rings. The minimum atomic E-state index is -0.815. The van der Waals surface area contributed by atoms with Gasteiger partial charge in [0.15, 0.2) is 0 Å². The fourth-order valence-corrected chi connectivity index (χ4v) is 3.28. The molecular weight excluding hydrogens is 386 g/mol. The van der Waals surface area contributed by atoms with Crippen molar-refractivity contribution in [2.75, 3.05) is 11.9 Å². The van der Waals surface area contributed by atoms with Crippen LogP contribution in [-0.2, 0) is 15.6 Å². The van der Waals surface area contributed by atoms with Gasteiger partial charge in [-0.2, -0.15) is 0 Å². The summed E-state index contributed by atoms with van der Waals surface area (Å²) in [6.07, 6.45) is 1.60.